The SMILES string of the molecule is CCN(/N=C/c1ccc(C(=O)O)cc1)C(=O)c1ccccc1C(F)(F)F. The summed E-state index contributed by atoms with van der Waals surface area (Å²) >= 11 is 0. The molecule has 1 amide bonds. The van der Waals surface area contributed by atoms with E-state index in [0.29, 0.717) is 5.56 Å². The zero-order chi connectivity index (χ0) is 19.3. The number of hydrazone groups is 1. The molecule has 0 aliphatic rings. The predicted octanol–water partition coefficient (Wildman–Crippen LogP) is 3.90. The summed E-state index contributed by atoms with van der Waals surface area (Å²) in [7, 11) is 0. The molecule has 0 aliphatic heterocycles. The lowest BCUT2D eigenvalue weighted by Crippen LogP contribution is -2.28. The normalized spacial score (nSPS) is 11.5. The molecular weight excluding hydrogens is 349 g/mol. The zero-order valence-corrected chi connectivity index (χ0v) is 13.7. The average Bonchev–Trinajstić information content (AvgIpc) is 2.61. The van der Waals surface area contributed by atoms with Gasteiger partial charge >= 0.3 is 12.1 Å². The highest BCUT2D eigenvalue weighted by Crippen LogP contribution is 2.32. The molecule has 2 aromatic rings. The summed E-state index contributed by atoms with van der Waals surface area (Å²) in [5.41, 5.74) is -0.917. The van der Waals surface area contributed by atoms with Crippen LogP contribution < -0.4 is 0 Å². The van der Waals surface area contributed by atoms with E-state index in [1.807, 2.05) is 0 Å². The van der Waals surface area contributed by atoms with Gasteiger partial charge in [0.15, 0.2) is 0 Å². The molecule has 0 heterocycles. The Morgan fingerprint density at radius 1 is 1.12 bits per heavy atom. The van der Waals surface area contributed by atoms with Crippen molar-refractivity contribution in [3.05, 3.63) is 70.8 Å². The topological polar surface area (TPSA) is 70.0 Å². The van der Waals surface area contributed by atoms with Crippen molar-refractivity contribution in [2.75, 3.05) is 6.54 Å². The lowest BCUT2D eigenvalue weighted by molar-refractivity contribution is -0.138. The monoisotopic (exact) mass is 364 g/mol. The number of rotatable bonds is 5. The van der Waals surface area contributed by atoms with Crippen LogP contribution >= 0.6 is 0 Å². The van der Waals surface area contributed by atoms with Crippen molar-refractivity contribution >= 4 is 18.1 Å². The van der Waals surface area contributed by atoms with Gasteiger partial charge in [0, 0.05) is 6.54 Å². The maximum Gasteiger partial charge on any atom is 0.417 e. The van der Waals surface area contributed by atoms with Gasteiger partial charge in [-0.3, -0.25) is 4.79 Å². The number of carboxylic acids is 1. The summed E-state index contributed by atoms with van der Waals surface area (Å²) < 4.78 is 39.2. The van der Waals surface area contributed by atoms with Crippen molar-refractivity contribution in [1.29, 1.82) is 0 Å². The number of aromatic carboxylic acids is 1. The van der Waals surface area contributed by atoms with Crippen LogP contribution in [0.1, 0.15) is 38.8 Å². The lowest BCUT2D eigenvalue weighted by Gasteiger charge is -2.18. The van der Waals surface area contributed by atoms with Gasteiger partial charge in [0.1, 0.15) is 0 Å². The number of benzene rings is 2. The molecule has 0 aliphatic carbocycles. The Balaban J connectivity index is 2.26. The highest BCUT2D eigenvalue weighted by atomic mass is 19.4. The quantitative estimate of drug-likeness (QED) is 0.646. The number of alkyl halides is 3. The second-order valence-electron chi connectivity index (χ2n) is 5.24. The lowest BCUT2D eigenvalue weighted by atomic mass is 10.1. The van der Waals surface area contributed by atoms with E-state index in [1.54, 1.807) is 6.92 Å². The number of carbonyl (C=O) groups is 2. The fourth-order valence-electron chi connectivity index (χ4n) is 2.18. The highest BCUT2D eigenvalue weighted by Gasteiger charge is 2.35. The summed E-state index contributed by atoms with van der Waals surface area (Å²) in [5.74, 6) is -1.96. The van der Waals surface area contributed by atoms with Gasteiger partial charge < -0.3 is 5.11 Å². The summed E-state index contributed by atoms with van der Waals surface area (Å²) in [6.07, 6.45) is -3.37. The van der Waals surface area contributed by atoms with E-state index in [2.05, 4.69) is 5.10 Å². The molecule has 26 heavy (non-hydrogen) atoms. The molecule has 0 fully saturated rings. The fourth-order valence-corrected chi connectivity index (χ4v) is 2.18. The van der Waals surface area contributed by atoms with Crippen LogP contribution in [0.5, 0.6) is 0 Å². The maximum atomic E-state index is 13.1. The first kappa shape index (κ1) is 19.2. The number of hydrogen-bond acceptors (Lipinski definition) is 3. The molecule has 8 heteroatoms. The first-order valence-corrected chi connectivity index (χ1v) is 7.59. The van der Waals surface area contributed by atoms with Gasteiger partial charge in [-0.25, -0.2) is 9.80 Å². The molecule has 5 nitrogen and oxygen atoms in total. The Hall–Kier alpha value is -3.16. The van der Waals surface area contributed by atoms with Crippen molar-refractivity contribution in [2.45, 2.75) is 13.1 Å². The van der Waals surface area contributed by atoms with Crippen molar-refractivity contribution in [2.24, 2.45) is 5.10 Å². The summed E-state index contributed by atoms with van der Waals surface area (Å²) in [6, 6.07) is 10.2. The Bertz CT molecular complexity index is 830. The van der Waals surface area contributed by atoms with E-state index >= 15 is 0 Å². The van der Waals surface area contributed by atoms with Gasteiger partial charge in [0.25, 0.3) is 5.91 Å². The summed E-state index contributed by atoms with van der Waals surface area (Å²) in [5, 5.41) is 13.7. The van der Waals surface area contributed by atoms with E-state index < -0.39 is 29.2 Å². The second-order valence-corrected chi connectivity index (χ2v) is 5.24. The van der Waals surface area contributed by atoms with Gasteiger partial charge in [-0.15, -0.1) is 0 Å². The van der Waals surface area contributed by atoms with Crippen LogP contribution in [-0.2, 0) is 6.18 Å². The molecule has 2 aromatic carbocycles. The first-order chi connectivity index (χ1) is 12.2. The molecule has 0 radical (unpaired) electrons. The molecule has 0 spiro atoms. The third-order valence-electron chi connectivity index (χ3n) is 3.50. The van der Waals surface area contributed by atoms with E-state index in [0.717, 1.165) is 17.1 Å². The van der Waals surface area contributed by atoms with Gasteiger partial charge in [0.2, 0.25) is 0 Å². The van der Waals surface area contributed by atoms with Crippen LogP contribution in [-0.4, -0.2) is 34.8 Å². The van der Waals surface area contributed by atoms with Crippen LogP contribution in [0.15, 0.2) is 53.6 Å². The Morgan fingerprint density at radius 3 is 2.27 bits per heavy atom. The van der Waals surface area contributed by atoms with Crippen molar-refractivity contribution in [3.63, 3.8) is 0 Å². The van der Waals surface area contributed by atoms with Crippen LogP contribution in [0.25, 0.3) is 0 Å². The van der Waals surface area contributed by atoms with E-state index in [1.165, 1.54) is 42.6 Å². The zero-order valence-electron chi connectivity index (χ0n) is 13.7. The van der Waals surface area contributed by atoms with E-state index in [-0.39, 0.29) is 12.1 Å². The molecule has 136 valence electrons. The molecule has 2 rings (SSSR count). The first-order valence-electron chi connectivity index (χ1n) is 7.59. The van der Waals surface area contributed by atoms with E-state index in [9.17, 15) is 22.8 Å². The Labute approximate surface area is 147 Å². The number of carboxylic acid groups (broad SMARTS) is 1. The minimum atomic E-state index is -4.65. The van der Waals surface area contributed by atoms with Gasteiger partial charge in [-0.05, 0) is 36.8 Å². The van der Waals surface area contributed by atoms with Gasteiger partial charge in [-0.1, -0.05) is 24.3 Å². The summed E-state index contributed by atoms with van der Waals surface area (Å²) in [4.78, 5) is 23.2. The molecule has 0 bridgehead atoms. The highest BCUT2D eigenvalue weighted by molar-refractivity contribution is 5.96. The van der Waals surface area contributed by atoms with Crippen molar-refractivity contribution in [1.82, 2.24) is 5.01 Å². The minimum Gasteiger partial charge on any atom is -0.478 e. The molecule has 0 saturated carbocycles. The largest absolute Gasteiger partial charge is 0.478 e. The molecule has 0 unspecified atom stereocenters. The number of carbonyl (C=O) groups excluding carboxylic acids is 1. The van der Waals surface area contributed by atoms with Crippen LogP contribution in [0.3, 0.4) is 0 Å². The van der Waals surface area contributed by atoms with E-state index in [4.69, 9.17) is 5.11 Å². The number of hydrogen-bond donors (Lipinski definition) is 1. The molecule has 0 saturated heterocycles. The standard InChI is InChI=1S/C18H15F3N2O3/c1-2-23(22-11-12-7-9-13(10-8-12)17(25)26)16(24)14-5-3-4-6-15(14)18(19,20)21/h3-11H,2H2,1H3,(H,25,26)/b22-11+. The second kappa shape index (κ2) is 7.81. The van der Waals surface area contributed by atoms with Crippen LogP contribution in [0.4, 0.5) is 13.2 Å². The number of amides is 1. The molecule has 0 atom stereocenters. The maximum absolute atomic E-state index is 13.1. The third-order valence-corrected chi connectivity index (χ3v) is 3.50. The number of nitrogens with zero attached hydrogens (tertiary/aromatic N) is 2. The van der Waals surface area contributed by atoms with Gasteiger partial charge in [-0.2, -0.15) is 18.3 Å². The minimum absolute atomic E-state index is 0.0642. The third kappa shape index (κ3) is 4.47. The van der Waals surface area contributed by atoms with Gasteiger partial charge in [0.05, 0.1) is 22.9 Å². The number of halogens is 3. The Kier molecular flexibility index (Phi) is 5.76. The van der Waals surface area contributed by atoms with Crippen molar-refractivity contribution in [3.8, 4) is 0 Å². The molecular formula is C18H15F3N2O3. The predicted molar refractivity (Wildman–Crippen MR) is 89.1 cm³/mol. The summed E-state index contributed by atoms with van der Waals surface area (Å²) in [6.45, 7) is 1.65. The Morgan fingerprint density at radius 2 is 1.73 bits per heavy atom. The van der Waals surface area contributed by atoms with Crippen LogP contribution in [0, 0.1) is 0 Å². The smallest absolute Gasteiger partial charge is 0.417 e. The van der Waals surface area contributed by atoms with Crippen LogP contribution in [0.2, 0.25) is 0 Å². The average molecular weight is 364 g/mol. The fraction of sp³-hybridized carbons (Fsp3) is 0.167. The molecule has 0 aromatic heterocycles. The molecule has 1 N–H and O–H groups in total. The van der Waals surface area contributed by atoms with Crippen molar-refractivity contribution < 1.29 is 27.9 Å².